The predicted octanol–water partition coefficient (Wildman–Crippen LogP) is 3.35. The Hall–Kier alpha value is -2.67. The second kappa shape index (κ2) is 6.94. The van der Waals surface area contributed by atoms with E-state index in [0.717, 1.165) is 24.8 Å². The number of nitrogens with zero attached hydrogens (tertiary/aromatic N) is 3. The summed E-state index contributed by atoms with van der Waals surface area (Å²) in [4.78, 5) is 22.8. The van der Waals surface area contributed by atoms with Crippen molar-refractivity contribution in [1.29, 1.82) is 0 Å². The number of phenolic OH excluding ortho intramolecular Hbond substituents is 1. The molecule has 2 aromatic rings. The monoisotopic (exact) mass is 409 g/mol. The largest absolute Gasteiger partial charge is 0.508 e. The minimum Gasteiger partial charge on any atom is -0.508 e. The minimum atomic E-state index is -0.397. The van der Waals surface area contributed by atoms with Crippen LogP contribution in [0.3, 0.4) is 0 Å². The van der Waals surface area contributed by atoms with Gasteiger partial charge in [-0.1, -0.05) is 0 Å². The first-order chi connectivity index (χ1) is 14.4. The van der Waals surface area contributed by atoms with Crippen LogP contribution in [-0.4, -0.2) is 51.2 Å². The van der Waals surface area contributed by atoms with Crippen molar-refractivity contribution in [1.82, 2.24) is 14.9 Å². The fourth-order valence-electron chi connectivity index (χ4n) is 5.24. The number of hydrogen-bond donors (Lipinski definition) is 1. The number of amides is 1. The summed E-state index contributed by atoms with van der Waals surface area (Å²) in [5.41, 5.74) is 1.07. The number of ether oxygens (including phenoxy) is 2. The van der Waals surface area contributed by atoms with E-state index < -0.39 is 5.60 Å². The van der Waals surface area contributed by atoms with Gasteiger partial charge in [0.05, 0.1) is 18.9 Å². The van der Waals surface area contributed by atoms with Crippen molar-refractivity contribution >= 4 is 5.91 Å². The van der Waals surface area contributed by atoms with Gasteiger partial charge in [0.1, 0.15) is 22.8 Å². The van der Waals surface area contributed by atoms with Gasteiger partial charge in [-0.25, -0.2) is 4.98 Å². The predicted molar refractivity (Wildman–Crippen MR) is 109 cm³/mol. The van der Waals surface area contributed by atoms with Crippen LogP contribution < -0.4 is 4.74 Å². The molecule has 4 heterocycles. The molecular formula is C23H27N3O4. The standard InChI is InChI=1S/C23H27N3O4/c1-22(2)17-12-23(14-29-20(17)16-4-3-15(27)11-19(16)30-22)5-9-26(10-6-23)21(28)18-13-24-7-8-25-18/h3-4,7-8,11,13,17,20,27H,5-6,9-10,12,14H2,1-2H3/t17-,20+/m0/s1. The lowest BCUT2D eigenvalue weighted by molar-refractivity contribution is -0.173. The molecule has 1 spiro atoms. The van der Waals surface area contributed by atoms with Crippen LogP contribution in [0.15, 0.2) is 36.8 Å². The van der Waals surface area contributed by atoms with Crippen LogP contribution in [0.1, 0.15) is 55.3 Å². The maximum Gasteiger partial charge on any atom is 0.274 e. The number of benzene rings is 1. The number of likely N-dealkylation sites (tertiary alicyclic amines) is 1. The summed E-state index contributed by atoms with van der Waals surface area (Å²) < 4.78 is 12.8. The molecule has 3 aliphatic rings. The minimum absolute atomic E-state index is 0.0331. The smallest absolute Gasteiger partial charge is 0.274 e. The van der Waals surface area contributed by atoms with Gasteiger partial charge in [0, 0.05) is 43.0 Å². The van der Waals surface area contributed by atoms with Crippen LogP contribution in [0.5, 0.6) is 11.5 Å². The molecule has 0 saturated carbocycles. The molecular weight excluding hydrogens is 382 g/mol. The molecule has 0 unspecified atom stereocenters. The molecule has 2 fully saturated rings. The van der Waals surface area contributed by atoms with Crippen LogP contribution in [0.4, 0.5) is 0 Å². The first-order valence-corrected chi connectivity index (χ1v) is 10.6. The second-order valence-corrected chi connectivity index (χ2v) is 9.35. The summed E-state index contributed by atoms with van der Waals surface area (Å²) in [6.07, 6.45) is 7.42. The van der Waals surface area contributed by atoms with Crippen molar-refractivity contribution in [3.8, 4) is 11.5 Å². The van der Waals surface area contributed by atoms with E-state index in [9.17, 15) is 9.90 Å². The van der Waals surface area contributed by atoms with Gasteiger partial charge in [-0.05, 0) is 50.7 Å². The average Bonchev–Trinajstić information content (AvgIpc) is 2.74. The van der Waals surface area contributed by atoms with Gasteiger partial charge >= 0.3 is 0 Å². The van der Waals surface area contributed by atoms with E-state index in [1.54, 1.807) is 24.5 Å². The number of rotatable bonds is 1. The maximum atomic E-state index is 12.7. The fourth-order valence-corrected chi connectivity index (χ4v) is 5.24. The lowest BCUT2D eigenvalue weighted by Crippen LogP contribution is -2.54. The number of fused-ring (bicyclic) bond motifs is 3. The van der Waals surface area contributed by atoms with Gasteiger partial charge in [0.2, 0.25) is 0 Å². The third-order valence-corrected chi connectivity index (χ3v) is 7.05. The summed E-state index contributed by atoms with van der Waals surface area (Å²) in [7, 11) is 0. The van der Waals surface area contributed by atoms with Crippen molar-refractivity contribution in [3.05, 3.63) is 48.0 Å². The van der Waals surface area contributed by atoms with Crippen molar-refractivity contribution < 1.29 is 19.4 Å². The van der Waals surface area contributed by atoms with Crippen LogP contribution >= 0.6 is 0 Å². The van der Waals surface area contributed by atoms with Crippen molar-refractivity contribution in [3.63, 3.8) is 0 Å². The van der Waals surface area contributed by atoms with E-state index >= 15 is 0 Å². The highest BCUT2D eigenvalue weighted by molar-refractivity contribution is 5.92. The number of carbonyl (C=O) groups is 1. The molecule has 2 atom stereocenters. The first kappa shape index (κ1) is 19.3. The van der Waals surface area contributed by atoms with E-state index in [-0.39, 0.29) is 29.1 Å². The van der Waals surface area contributed by atoms with Crippen LogP contribution in [-0.2, 0) is 4.74 Å². The summed E-state index contributed by atoms with van der Waals surface area (Å²) in [6.45, 7) is 6.28. The normalized spacial score (nSPS) is 26.4. The Morgan fingerprint density at radius 1 is 1.23 bits per heavy atom. The molecule has 7 nitrogen and oxygen atoms in total. The molecule has 0 aliphatic carbocycles. The summed E-state index contributed by atoms with van der Waals surface area (Å²) in [5, 5.41) is 9.84. The Morgan fingerprint density at radius 3 is 2.77 bits per heavy atom. The molecule has 158 valence electrons. The van der Waals surface area contributed by atoms with Crippen LogP contribution in [0.25, 0.3) is 0 Å². The van der Waals surface area contributed by atoms with E-state index in [2.05, 4.69) is 23.8 Å². The molecule has 30 heavy (non-hydrogen) atoms. The number of hydrogen-bond acceptors (Lipinski definition) is 6. The van der Waals surface area contributed by atoms with E-state index in [1.807, 2.05) is 11.0 Å². The molecule has 0 radical (unpaired) electrons. The molecule has 1 aromatic carbocycles. The fraction of sp³-hybridized carbons (Fsp3) is 0.522. The van der Waals surface area contributed by atoms with Gasteiger partial charge in [0.15, 0.2) is 0 Å². The maximum absolute atomic E-state index is 12.7. The van der Waals surface area contributed by atoms with Gasteiger partial charge in [0.25, 0.3) is 5.91 Å². The Balaban J connectivity index is 1.32. The zero-order valence-corrected chi connectivity index (χ0v) is 17.4. The summed E-state index contributed by atoms with van der Waals surface area (Å²) >= 11 is 0. The Bertz CT molecular complexity index is 954. The number of piperidine rings is 1. The van der Waals surface area contributed by atoms with Gasteiger partial charge in [-0.15, -0.1) is 0 Å². The number of aromatic nitrogens is 2. The zero-order chi connectivity index (χ0) is 20.9. The van der Waals surface area contributed by atoms with Crippen molar-refractivity contribution in [2.24, 2.45) is 11.3 Å². The molecule has 2 saturated heterocycles. The lowest BCUT2D eigenvalue weighted by Gasteiger charge is -2.54. The molecule has 0 bridgehead atoms. The summed E-state index contributed by atoms with van der Waals surface area (Å²) in [6, 6.07) is 5.29. The Labute approximate surface area is 176 Å². The lowest BCUT2D eigenvalue weighted by atomic mass is 9.64. The highest BCUT2D eigenvalue weighted by Crippen LogP contribution is 2.55. The third kappa shape index (κ3) is 3.21. The second-order valence-electron chi connectivity index (χ2n) is 9.35. The third-order valence-electron chi connectivity index (χ3n) is 7.05. The molecule has 1 N–H and O–H groups in total. The Morgan fingerprint density at radius 2 is 2.03 bits per heavy atom. The first-order valence-electron chi connectivity index (χ1n) is 10.6. The molecule has 1 aromatic heterocycles. The van der Waals surface area contributed by atoms with E-state index in [4.69, 9.17) is 9.47 Å². The molecule has 3 aliphatic heterocycles. The molecule has 5 rings (SSSR count). The van der Waals surface area contributed by atoms with Crippen LogP contribution in [0.2, 0.25) is 0 Å². The van der Waals surface area contributed by atoms with Gasteiger partial charge in [-0.3, -0.25) is 9.78 Å². The zero-order valence-electron chi connectivity index (χ0n) is 17.4. The Kier molecular flexibility index (Phi) is 4.47. The number of carbonyl (C=O) groups excluding carboxylic acids is 1. The van der Waals surface area contributed by atoms with E-state index in [1.165, 1.54) is 6.20 Å². The van der Waals surface area contributed by atoms with Gasteiger partial charge in [-0.2, -0.15) is 0 Å². The van der Waals surface area contributed by atoms with E-state index in [0.29, 0.717) is 31.1 Å². The SMILES string of the molecule is CC1(C)Oc2cc(O)ccc2[C@H]2OCC3(CCN(C(=O)c4cnccn4)CC3)C[C@@H]21. The average molecular weight is 409 g/mol. The highest BCUT2D eigenvalue weighted by atomic mass is 16.5. The number of aromatic hydroxyl groups is 1. The molecule has 7 heteroatoms. The number of phenols is 1. The van der Waals surface area contributed by atoms with Crippen molar-refractivity contribution in [2.45, 2.75) is 44.8 Å². The van der Waals surface area contributed by atoms with Crippen molar-refractivity contribution in [2.75, 3.05) is 19.7 Å². The highest BCUT2D eigenvalue weighted by Gasteiger charge is 2.53. The quantitative estimate of drug-likeness (QED) is 0.778. The van der Waals surface area contributed by atoms with Gasteiger partial charge < -0.3 is 19.5 Å². The summed E-state index contributed by atoms with van der Waals surface area (Å²) in [5.74, 6) is 1.07. The topological polar surface area (TPSA) is 84.8 Å². The van der Waals surface area contributed by atoms with Crippen LogP contribution in [0, 0.1) is 11.3 Å². The molecule has 1 amide bonds.